The van der Waals surface area contributed by atoms with Crippen LogP contribution in [-0.2, 0) is 11.3 Å². The van der Waals surface area contributed by atoms with Crippen LogP contribution in [0.3, 0.4) is 0 Å². The molecule has 1 atom stereocenters. The van der Waals surface area contributed by atoms with Gasteiger partial charge in [-0.2, -0.15) is 5.10 Å². The maximum atomic E-state index is 12.6. The second-order valence-corrected chi connectivity index (χ2v) is 7.15. The quantitative estimate of drug-likeness (QED) is 0.841. The van der Waals surface area contributed by atoms with Gasteiger partial charge >= 0.3 is 0 Å². The summed E-state index contributed by atoms with van der Waals surface area (Å²) in [5, 5.41) is 7.79. The number of carbonyl (C=O) groups excluding carboxylic acids is 1. The van der Waals surface area contributed by atoms with Crippen molar-refractivity contribution in [2.24, 2.45) is 11.8 Å². The van der Waals surface area contributed by atoms with E-state index in [-0.39, 0.29) is 18.3 Å². The molecule has 1 N–H and O–H groups in total. The van der Waals surface area contributed by atoms with Crippen molar-refractivity contribution in [1.29, 1.82) is 0 Å². The molecule has 1 aromatic heterocycles. The Morgan fingerprint density at radius 1 is 1.31 bits per heavy atom. The van der Waals surface area contributed by atoms with Gasteiger partial charge in [-0.15, -0.1) is 12.4 Å². The van der Waals surface area contributed by atoms with Gasteiger partial charge in [0.15, 0.2) is 0 Å². The molecule has 0 saturated carbocycles. The molecule has 142 valence electrons. The first kappa shape index (κ1) is 20.5. The van der Waals surface area contributed by atoms with Gasteiger partial charge in [0.1, 0.15) is 0 Å². The Labute approximate surface area is 162 Å². The molecular formula is C20H29ClN4O. The van der Waals surface area contributed by atoms with E-state index in [4.69, 9.17) is 0 Å². The molecule has 1 unspecified atom stereocenters. The molecule has 1 aromatic carbocycles. The molecule has 1 saturated heterocycles. The summed E-state index contributed by atoms with van der Waals surface area (Å²) in [5.41, 5.74) is 2.08. The molecule has 0 spiro atoms. The minimum absolute atomic E-state index is 0. The summed E-state index contributed by atoms with van der Waals surface area (Å²) in [5.74, 6) is 1.34. The third-order valence-corrected chi connectivity index (χ3v) is 5.19. The summed E-state index contributed by atoms with van der Waals surface area (Å²) < 4.78 is 1.85. The Morgan fingerprint density at radius 3 is 2.69 bits per heavy atom. The highest BCUT2D eigenvalue weighted by Crippen LogP contribution is 2.25. The van der Waals surface area contributed by atoms with Crippen LogP contribution in [0.15, 0.2) is 42.7 Å². The molecule has 1 aliphatic rings. The van der Waals surface area contributed by atoms with Gasteiger partial charge in [-0.25, -0.2) is 4.68 Å². The normalized spacial score (nSPS) is 15.9. The van der Waals surface area contributed by atoms with E-state index in [2.05, 4.69) is 17.3 Å². The highest BCUT2D eigenvalue weighted by atomic mass is 35.5. The molecule has 1 aliphatic heterocycles. The van der Waals surface area contributed by atoms with Crippen LogP contribution in [0.1, 0.15) is 31.7 Å². The number of amides is 1. The van der Waals surface area contributed by atoms with Crippen LogP contribution in [0.25, 0.3) is 5.69 Å². The van der Waals surface area contributed by atoms with Crippen molar-refractivity contribution in [2.45, 2.75) is 32.7 Å². The van der Waals surface area contributed by atoms with Gasteiger partial charge in [0, 0.05) is 31.8 Å². The molecule has 0 aliphatic carbocycles. The minimum atomic E-state index is 0. The van der Waals surface area contributed by atoms with Gasteiger partial charge in [-0.05, 0) is 49.9 Å². The van der Waals surface area contributed by atoms with Crippen LogP contribution in [0.5, 0.6) is 0 Å². The molecule has 2 heterocycles. The van der Waals surface area contributed by atoms with Gasteiger partial charge in [-0.3, -0.25) is 4.79 Å². The number of rotatable bonds is 6. The van der Waals surface area contributed by atoms with E-state index in [0.29, 0.717) is 24.8 Å². The van der Waals surface area contributed by atoms with Crippen molar-refractivity contribution in [3.63, 3.8) is 0 Å². The van der Waals surface area contributed by atoms with E-state index in [1.165, 1.54) is 12.8 Å². The highest BCUT2D eigenvalue weighted by molar-refractivity contribution is 5.85. The van der Waals surface area contributed by atoms with E-state index in [1.807, 2.05) is 59.4 Å². The summed E-state index contributed by atoms with van der Waals surface area (Å²) >= 11 is 0. The Bertz CT molecular complexity index is 682. The lowest BCUT2D eigenvalue weighted by molar-refractivity contribution is -0.131. The first-order valence-electron chi connectivity index (χ1n) is 9.17. The molecule has 1 amide bonds. The number of benzene rings is 1. The molecule has 0 radical (unpaired) electrons. The van der Waals surface area contributed by atoms with Crippen LogP contribution in [0, 0.1) is 11.8 Å². The predicted octanol–water partition coefficient (Wildman–Crippen LogP) is 3.28. The number of hydrogen-bond acceptors (Lipinski definition) is 3. The number of carbonyl (C=O) groups is 1. The number of para-hydroxylation sites is 1. The summed E-state index contributed by atoms with van der Waals surface area (Å²) in [4.78, 5) is 14.4. The Balaban J connectivity index is 0.00000243. The smallest absolute Gasteiger partial charge is 0.222 e. The van der Waals surface area contributed by atoms with E-state index >= 15 is 0 Å². The SMILES string of the molecule is CC(CC(=O)N(C)Cc1cnn(-c2ccccc2)c1)C1CCNCC1.Cl. The topological polar surface area (TPSA) is 50.2 Å². The third-order valence-electron chi connectivity index (χ3n) is 5.19. The van der Waals surface area contributed by atoms with E-state index in [0.717, 1.165) is 24.3 Å². The van der Waals surface area contributed by atoms with Crippen LogP contribution >= 0.6 is 12.4 Å². The lowest BCUT2D eigenvalue weighted by atomic mass is 9.84. The molecule has 1 fully saturated rings. The molecule has 26 heavy (non-hydrogen) atoms. The Kier molecular flexibility index (Phi) is 7.66. The monoisotopic (exact) mass is 376 g/mol. The third kappa shape index (κ3) is 5.32. The zero-order valence-electron chi connectivity index (χ0n) is 15.6. The summed E-state index contributed by atoms with van der Waals surface area (Å²) in [7, 11) is 1.89. The van der Waals surface area contributed by atoms with Gasteiger partial charge in [0.2, 0.25) is 5.91 Å². The molecule has 6 heteroatoms. The molecule has 5 nitrogen and oxygen atoms in total. The number of aromatic nitrogens is 2. The van der Waals surface area contributed by atoms with E-state index < -0.39 is 0 Å². The minimum Gasteiger partial charge on any atom is -0.341 e. The van der Waals surface area contributed by atoms with Gasteiger partial charge < -0.3 is 10.2 Å². The number of hydrogen-bond donors (Lipinski definition) is 1. The number of halogens is 1. The first-order chi connectivity index (χ1) is 12.1. The fourth-order valence-corrected chi connectivity index (χ4v) is 3.54. The maximum Gasteiger partial charge on any atom is 0.222 e. The zero-order chi connectivity index (χ0) is 17.6. The largest absolute Gasteiger partial charge is 0.341 e. The molecule has 3 rings (SSSR count). The van der Waals surface area contributed by atoms with Crippen molar-refractivity contribution in [2.75, 3.05) is 20.1 Å². The van der Waals surface area contributed by atoms with Gasteiger partial charge in [0.25, 0.3) is 0 Å². The summed E-state index contributed by atoms with van der Waals surface area (Å²) in [6.07, 6.45) is 6.83. The second kappa shape index (κ2) is 9.74. The fraction of sp³-hybridized carbons (Fsp3) is 0.500. The zero-order valence-corrected chi connectivity index (χ0v) is 16.4. The number of nitrogens with zero attached hydrogens (tertiary/aromatic N) is 3. The Morgan fingerprint density at radius 2 is 2.00 bits per heavy atom. The summed E-state index contributed by atoms with van der Waals surface area (Å²) in [6, 6.07) is 10.0. The van der Waals surface area contributed by atoms with Gasteiger partial charge in [-0.1, -0.05) is 25.1 Å². The van der Waals surface area contributed by atoms with Crippen molar-refractivity contribution >= 4 is 18.3 Å². The lowest BCUT2D eigenvalue weighted by Gasteiger charge is -2.29. The van der Waals surface area contributed by atoms with E-state index in [1.54, 1.807) is 0 Å². The summed E-state index contributed by atoms with van der Waals surface area (Å²) in [6.45, 7) is 4.98. The standard InChI is InChI=1S/C20H28N4O.ClH/c1-16(18-8-10-21-11-9-18)12-20(25)23(2)14-17-13-22-24(15-17)19-6-4-3-5-7-19;/h3-7,13,15-16,18,21H,8-12,14H2,1-2H3;1H. The van der Waals surface area contributed by atoms with Crippen LogP contribution in [-0.4, -0.2) is 40.7 Å². The predicted molar refractivity (Wildman–Crippen MR) is 107 cm³/mol. The molecular weight excluding hydrogens is 348 g/mol. The van der Waals surface area contributed by atoms with Crippen LogP contribution < -0.4 is 5.32 Å². The molecule has 0 bridgehead atoms. The second-order valence-electron chi connectivity index (χ2n) is 7.15. The van der Waals surface area contributed by atoms with Crippen molar-refractivity contribution in [3.05, 3.63) is 48.3 Å². The van der Waals surface area contributed by atoms with Crippen molar-refractivity contribution < 1.29 is 4.79 Å². The van der Waals surface area contributed by atoms with Crippen LogP contribution in [0.2, 0.25) is 0 Å². The van der Waals surface area contributed by atoms with Crippen molar-refractivity contribution in [3.8, 4) is 5.69 Å². The van der Waals surface area contributed by atoms with Crippen molar-refractivity contribution in [1.82, 2.24) is 20.0 Å². The Hall–Kier alpha value is -1.85. The number of piperidine rings is 1. The fourth-order valence-electron chi connectivity index (χ4n) is 3.54. The average molecular weight is 377 g/mol. The maximum absolute atomic E-state index is 12.6. The van der Waals surface area contributed by atoms with Gasteiger partial charge in [0.05, 0.1) is 11.9 Å². The lowest BCUT2D eigenvalue weighted by Crippen LogP contribution is -2.34. The molecule has 2 aromatic rings. The highest BCUT2D eigenvalue weighted by Gasteiger charge is 2.23. The van der Waals surface area contributed by atoms with Crippen LogP contribution in [0.4, 0.5) is 0 Å². The van der Waals surface area contributed by atoms with E-state index in [9.17, 15) is 4.79 Å². The first-order valence-corrected chi connectivity index (χ1v) is 9.17. The number of nitrogens with one attached hydrogen (secondary N) is 1. The average Bonchev–Trinajstić information content (AvgIpc) is 3.11.